The van der Waals surface area contributed by atoms with E-state index in [9.17, 15) is 4.79 Å². The molecule has 2 aromatic heterocycles. The van der Waals surface area contributed by atoms with Gasteiger partial charge in [0.2, 0.25) is 0 Å². The number of nitrogen functional groups attached to an aromatic ring is 1. The molecule has 2 N–H and O–H groups in total. The van der Waals surface area contributed by atoms with Crippen LogP contribution in [0.2, 0.25) is 0 Å². The molecule has 0 spiro atoms. The van der Waals surface area contributed by atoms with E-state index in [2.05, 4.69) is 4.98 Å². The van der Waals surface area contributed by atoms with Crippen LogP contribution in [0, 0.1) is 6.92 Å². The molecule has 5 nitrogen and oxygen atoms in total. The van der Waals surface area contributed by atoms with Crippen molar-refractivity contribution in [2.24, 2.45) is 14.1 Å². The third-order valence-corrected chi connectivity index (χ3v) is 2.42. The van der Waals surface area contributed by atoms with E-state index in [4.69, 9.17) is 5.73 Å². The number of rotatable bonds is 0. The molecule has 0 bridgehead atoms. The van der Waals surface area contributed by atoms with E-state index >= 15 is 0 Å². The zero-order chi connectivity index (χ0) is 10.5. The molecule has 5 heteroatoms. The maximum absolute atomic E-state index is 11.4. The number of aromatic nitrogens is 3. The van der Waals surface area contributed by atoms with Crippen LogP contribution in [0.15, 0.2) is 11.0 Å². The lowest BCUT2D eigenvalue weighted by Crippen LogP contribution is -2.22. The minimum absolute atomic E-state index is 0.290. The van der Waals surface area contributed by atoms with Crippen molar-refractivity contribution in [1.82, 2.24) is 14.1 Å². The summed E-state index contributed by atoms with van der Waals surface area (Å²) in [4.78, 5) is 15.1. The predicted molar refractivity (Wildman–Crippen MR) is 55.1 cm³/mol. The molecule has 0 aliphatic carbocycles. The van der Waals surface area contributed by atoms with E-state index < -0.39 is 0 Å². The summed E-state index contributed by atoms with van der Waals surface area (Å²) < 4.78 is 3.40. The van der Waals surface area contributed by atoms with Gasteiger partial charge >= 0.3 is 5.69 Å². The van der Waals surface area contributed by atoms with Crippen LogP contribution in [0.5, 0.6) is 0 Å². The van der Waals surface area contributed by atoms with Crippen LogP contribution in [-0.2, 0) is 14.1 Å². The average Bonchev–Trinajstić information content (AvgIpc) is 2.38. The normalized spacial score (nSPS) is 11.1. The topological polar surface area (TPSA) is 65.8 Å². The molecular weight excluding hydrogens is 180 g/mol. The highest BCUT2D eigenvalue weighted by Gasteiger charge is 2.11. The number of nitrogens with zero attached hydrogens (tertiary/aromatic N) is 3. The molecule has 0 unspecified atom stereocenters. The zero-order valence-corrected chi connectivity index (χ0v) is 8.40. The molecular formula is C9H12N4O. The molecule has 2 rings (SSSR count). The van der Waals surface area contributed by atoms with Gasteiger partial charge in [0.15, 0.2) is 5.82 Å². The second kappa shape index (κ2) is 2.60. The smallest absolute Gasteiger partial charge is 0.349 e. The van der Waals surface area contributed by atoms with Gasteiger partial charge in [0, 0.05) is 20.3 Å². The second-order valence-corrected chi connectivity index (χ2v) is 3.46. The summed E-state index contributed by atoms with van der Waals surface area (Å²) in [5, 5.41) is 0. The zero-order valence-electron chi connectivity index (χ0n) is 8.40. The van der Waals surface area contributed by atoms with Gasteiger partial charge in [-0.1, -0.05) is 0 Å². The van der Waals surface area contributed by atoms with Gasteiger partial charge < -0.3 is 10.3 Å². The Morgan fingerprint density at radius 3 is 2.64 bits per heavy atom. The summed E-state index contributed by atoms with van der Waals surface area (Å²) in [5.74, 6) is 0.290. The van der Waals surface area contributed by atoms with Crippen molar-refractivity contribution in [1.29, 1.82) is 0 Å². The first kappa shape index (κ1) is 8.80. The molecule has 14 heavy (non-hydrogen) atoms. The van der Waals surface area contributed by atoms with E-state index in [0.29, 0.717) is 5.82 Å². The van der Waals surface area contributed by atoms with Crippen molar-refractivity contribution in [2.45, 2.75) is 6.92 Å². The summed E-state index contributed by atoms with van der Waals surface area (Å²) in [6.07, 6.45) is 1.93. The Kier molecular flexibility index (Phi) is 1.64. The number of nitrogens with two attached hydrogens (primary N) is 1. The summed E-state index contributed by atoms with van der Waals surface area (Å²) >= 11 is 0. The lowest BCUT2D eigenvalue weighted by Gasteiger charge is -2.03. The summed E-state index contributed by atoms with van der Waals surface area (Å²) in [5.41, 5.74) is 8.07. The minimum Gasteiger partial charge on any atom is -0.382 e. The lowest BCUT2D eigenvalue weighted by molar-refractivity contribution is 0.849. The maximum Gasteiger partial charge on any atom is 0.349 e. The molecule has 2 heterocycles. The first-order chi connectivity index (χ1) is 6.52. The SMILES string of the molecule is Cc1cn(C)c2c(N)nc(=O)n(C)c12. The standard InChI is InChI=1S/C9H12N4O/c1-5-4-12(2)7-6(5)13(3)9(14)11-8(7)10/h4H,1-3H3,(H2,10,11,14). The van der Waals surface area contributed by atoms with Crippen molar-refractivity contribution in [3.05, 3.63) is 22.2 Å². The van der Waals surface area contributed by atoms with Gasteiger partial charge in [-0.05, 0) is 12.5 Å². The second-order valence-electron chi connectivity index (χ2n) is 3.46. The Morgan fingerprint density at radius 2 is 2.00 bits per heavy atom. The summed E-state index contributed by atoms with van der Waals surface area (Å²) in [6.45, 7) is 1.95. The third kappa shape index (κ3) is 0.951. The van der Waals surface area contributed by atoms with Crippen LogP contribution in [-0.4, -0.2) is 14.1 Å². The van der Waals surface area contributed by atoms with Crippen molar-refractivity contribution >= 4 is 16.9 Å². The van der Waals surface area contributed by atoms with Crippen LogP contribution in [0.25, 0.3) is 11.0 Å². The molecule has 0 amide bonds. The molecule has 0 saturated carbocycles. The van der Waals surface area contributed by atoms with Crippen molar-refractivity contribution in [3.8, 4) is 0 Å². The number of anilines is 1. The molecule has 74 valence electrons. The Hall–Kier alpha value is -1.78. The van der Waals surface area contributed by atoms with Gasteiger partial charge in [0.1, 0.15) is 5.52 Å². The molecule has 2 aromatic rings. The van der Waals surface area contributed by atoms with E-state index in [1.54, 1.807) is 7.05 Å². The first-order valence-electron chi connectivity index (χ1n) is 4.30. The fourth-order valence-electron chi connectivity index (χ4n) is 1.82. The molecule has 0 aromatic carbocycles. The largest absolute Gasteiger partial charge is 0.382 e. The quantitative estimate of drug-likeness (QED) is 0.646. The number of hydrogen-bond acceptors (Lipinski definition) is 3. The van der Waals surface area contributed by atoms with E-state index in [-0.39, 0.29) is 5.69 Å². The number of hydrogen-bond donors (Lipinski definition) is 1. The van der Waals surface area contributed by atoms with Gasteiger partial charge in [-0.25, -0.2) is 4.79 Å². The van der Waals surface area contributed by atoms with Crippen LogP contribution < -0.4 is 11.4 Å². The Labute approximate surface area is 80.8 Å². The van der Waals surface area contributed by atoms with E-state index in [1.165, 1.54) is 4.57 Å². The molecule has 0 fully saturated rings. The van der Waals surface area contributed by atoms with Crippen LogP contribution in [0.3, 0.4) is 0 Å². The third-order valence-electron chi connectivity index (χ3n) is 2.42. The van der Waals surface area contributed by atoms with Crippen molar-refractivity contribution in [2.75, 3.05) is 5.73 Å². The fourth-order valence-corrected chi connectivity index (χ4v) is 1.82. The molecule has 0 aliphatic rings. The molecule has 0 atom stereocenters. The Bertz CT molecular complexity index is 564. The predicted octanol–water partition coefficient (Wildman–Crippen LogP) is 0.163. The van der Waals surface area contributed by atoms with E-state index in [1.807, 2.05) is 24.7 Å². The Balaban J connectivity index is 3.13. The average molecular weight is 192 g/mol. The highest BCUT2D eigenvalue weighted by atomic mass is 16.1. The molecule has 0 aliphatic heterocycles. The van der Waals surface area contributed by atoms with Gasteiger partial charge in [0.25, 0.3) is 0 Å². The van der Waals surface area contributed by atoms with Gasteiger partial charge in [-0.15, -0.1) is 0 Å². The summed E-state index contributed by atoms with van der Waals surface area (Å²) in [7, 11) is 3.59. The van der Waals surface area contributed by atoms with Crippen molar-refractivity contribution < 1.29 is 0 Å². The monoisotopic (exact) mass is 192 g/mol. The number of fused-ring (bicyclic) bond motifs is 1. The van der Waals surface area contributed by atoms with Crippen LogP contribution in [0.4, 0.5) is 5.82 Å². The van der Waals surface area contributed by atoms with Crippen LogP contribution >= 0.6 is 0 Å². The maximum atomic E-state index is 11.4. The first-order valence-corrected chi connectivity index (χ1v) is 4.30. The fraction of sp³-hybridized carbons (Fsp3) is 0.333. The van der Waals surface area contributed by atoms with Gasteiger partial charge in [-0.2, -0.15) is 4.98 Å². The van der Waals surface area contributed by atoms with Crippen molar-refractivity contribution in [3.63, 3.8) is 0 Å². The minimum atomic E-state index is -0.315. The van der Waals surface area contributed by atoms with Gasteiger partial charge in [0.05, 0.1) is 5.52 Å². The van der Waals surface area contributed by atoms with Crippen LogP contribution in [0.1, 0.15) is 5.56 Å². The molecule has 0 radical (unpaired) electrons. The highest BCUT2D eigenvalue weighted by Crippen LogP contribution is 2.20. The van der Waals surface area contributed by atoms with Gasteiger partial charge in [-0.3, -0.25) is 4.57 Å². The summed E-state index contributed by atoms with van der Waals surface area (Å²) in [6, 6.07) is 0. The highest BCUT2D eigenvalue weighted by molar-refractivity contribution is 5.88. The lowest BCUT2D eigenvalue weighted by atomic mass is 10.3. The Morgan fingerprint density at radius 1 is 1.36 bits per heavy atom. The molecule has 0 saturated heterocycles. The number of aryl methyl sites for hydroxylation is 3. The van der Waals surface area contributed by atoms with E-state index in [0.717, 1.165) is 16.6 Å².